The Morgan fingerprint density at radius 2 is 1.06 bits per heavy atom. The molecule has 54 heavy (non-hydrogen) atoms. The number of benzene rings is 7. The van der Waals surface area contributed by atoms with Gasteiger partial charge in [-0.05, 0) is 29.8 Å². The van der Waals surface area contributed by atoms with Gasteiger partial charge >= 0.3 is 0 Å². The van der Waals surface area contributed by atoms with Crippen molar-refractivity contribution < 1.29 is 4.42 Å². The Hall–Kier alpha value is -6.95. The molecular weight excluding hydrogens is 679 g/mol. The lowest BCUT2D eigenvalue weighted by molar-refractivity contribution is 0.670. The summed E-state index contributed by atoms with van der Waals surface area (Å²) in [5.74, 6) is 0.702. The highest BCUT2D eigenvalue weighted by Gasteiger charge is 2.19. The molecule has 0 radical (unpaired) electrons. The number of thiophene rings is 1. The van der Waals surface area contributed by atoms with E-state index in [2.05, 4.69) is 127 Å². The van der Waals surface area contributed by atoms with Crippen LogP contribution in [0, 0.1) is 0 Å². The summed E-state index contributed by atoms with van der Waals surface area (Å²) in [4.78, 5) is 15.5. The van der Waals surface area contributed by atoms with E-state index in [1.165, 1.54) is 20.2 Å². The summed E-state index contributed by atoms with van der Waals surface area (Å²) in [5.41, 5.74) is 11.7. The van der Waals surface area contributed by atoms with Crippen molar-refractivity contribution in [2.45, 2.75) is 0 Å². The van der Waals surface area contributed by atoms with E-state index in [1.54, 1.807) is 0 Å². The molecule has 4 nitrogen and oxygen atoms in total. The van der Waals surface area contributed by atoms with Crippen LogP contribution in [0.15, 0.2) is 180 Å². The topological polar surface area (TPSA) is 51.8 Å². The van der Waals surface area contributed by atoms with Crippen molar-refractivity contribution >= 4 is 64.4 Å². The average Bonchev–Trinajstić information content (AvgIpc) is 3.83. The third-order valence-corrected chi connectivity index (χ3v) is 11.5. The zero-order valence-electron chi connectivity index (χ0n) is 28.9. The van der Waals surface area contributed by atoms with Crippen LogP contribution in [0.2, 0.25) is 0 Å². The van der Waals surface area contributed by atoms with Crippen molar-refractivity contribution in [2.24, 2.45) is 0 Å². The Labute approximate surface area is 314 Å². The van der Waals surface area contributed by atoms with Gasteiger partial charge in [0.2, 0.25) is 0 Å². The Bertz CT molecular complexity index is 3140. The molecule has 0 N–H and O–H groups in total. The summed E-state index contributed by atoms with van der Waals surface area (Å²) < 4.78 is 8.93. The number of hydrogen-bond acceptors (Lipinski definition) is 5. The van der Waals surface area contributed by atoms with Crippen molar-refractivity contribution in [1.82, 2.24) is 15.0 Å². The summed E-state index contributed by atoms with van der Waals surface area (Å²) in [6, 6.07) is 61.2. The minimum Gasteiger partial charge on any atom is -0.455 e. The maximum Gasteiger partial charge on any atom is 0.160 e. The van der Waals surface area contributed by atoms with E-state index in [1.807, 2.05) is 59.9 Å². The molecule has 0 aliphatic carbocycles. The standard InChI is InChI=1S/C49H29N3OS/c1-3-12-30(13-4-1)40-29-41(52-49(51-40)33-14-5-2-6-15-33)31-22-24-32(25-23-31)46-45-39-17-8-10-21-44(39)54-48(45)38-27-26-34(28-42(38)50-46)35-18-11-19-37-36-16-7-9-20-43(36)53-47(35)37/h1-29H. The highest BCUT2D eigenvalue weighted by atomic mass is 32.1. The first-order valence-electron chi connectivity index (χ1n) is 18.0. The third kappa shape index (κ3) is 5.01. The lowest BCUT2D eigenvalue weighted by atomic mass is 9.98. The first kappa shape index (κ1) is 30.7. The summed E-state index contributed by atoms with van der Waals surface area (Å²) >= 11 is 1.83. The Morgan fingerprint density at radius 1 is 0.426 bits per heavy atom. The zero-order chi connectivity index (χ0) is 35.6. The monoisotopic (exact) mass is 707 g/mol. The number of aromatic nitrogens is 3. The minimum atomic E-state index is 0.702. The molecule has 0 spiro atoms. The van der Waals surface area contributed by atoms with E-state index in [0.717, 1.165) is 83.3 Å². The van der Waals surface area contributed by atoms with Gasteiger partial charge in [0.05, 0.1) is 22.6 Å². The van der Waals surface area contributed by atoms with Crippen LogP contribution in [0.25, 0.3) is 109 Å². The molecule has 0 aliphatic rings. The van der Waals surface area contributed by atoms with Gasteiger partial charge in [0.15, 0.2) is 5.82 Å². The van der Waals surface area contributed by atoms with E-state index in [-0.39, 0.29) is 0 Å². The second-order valence-electron chi connectivity index (χ2n) is 13.5. The van der Waals surface area contributed by atoms with Crippen LogP contribution in [0.4, 0.5) is 0 Å². The van der Waals surface area contributed by atoms with Gasteiger partial charge in [-0.2, -0.15) is 0 Å². The molecule has 11 rings (SSSR count). The van der Waals surface area contributed by atoms with Gasteiger partial charge in [0, 0.05) is 64.1 Å². The molecule has 7 aromatic carbocycles. The van der Waals surface area contributed by atoms with Crippen molar-refractivity contribution in [3.63, 3.8) is 0 Å². The summed E-state index contributed by atoms with van der Waals surface area (Å²) in [6.45, 7) is 0. The van der Waals surface area contributed by atoms with Gasteiger partial charge in [-0.15, -0.1) is 11.3 Å². The number of nitrogens with zero attached hydrogens (tertiary/aromatic N) is 3. The SMILES string of the molecule is c1ccc(-c2cc(-c3ccc(-c4nc5cc(-c6cccc7c6oc6ccccc67)ccc5c5sc6ccccc6c45)cc3)nc(-c3ccccc3)n2)cc1. The molecule has 0 fully saturated rings. The van der Waals surface area contributed by atoms with E-state index < -0.39 is 0 Å². The van der Waals surface area contributed by atoms with Crippen LogP contribution >= 0.6 is 11.3 Å². The van der Waals surface area contributed by atoms with Crippen LogP contribution in [-0.4, -0.2) is 15.0 Å². The maximum atomic E-state index is 6.44. The van der Waals surface area contributed by atoms with Crippen LogP contribution in [0.3, 0.4) is 0 Å². The zero-order valence-corrected chi connectivity index (χ0v) is 29.7. The number of fused-ring (bicyclic) bond motifs is 8. The van der Waals surface area contributed by atoms with E-state index in [9.17, 15) is 0 Å². The highest BCUT2D eigenvalue weighted by Crippen LogP contribution is 2.44. The molecule has 0 bridgehead atoms. The second kappa shape index (κ2) is 12.3. The van der Waals surface area contributed by atoms with Crippen molar-refractivity contribution in [2.75, 3.05) is 0 Å². The molecule has 0 atom stereocenters. The second-order valence-corrected chi connectivity index (χ2v) is 14.6. The molecule has 0 saturated heterocycles. The van der Waals surface area contributed by atoms with E-state index >= 15 is 0 Å². The molecule has 252 valence electrons. The molecule has 4 aromatic heterocycles. The number of furan rings is 1. The minimum absolute atomic E-state index is 0.702. The normalized spacial score (nSPS) is 11.7. The number of rotatable bonds is 5. The first-order valence-corrected chi connectivity index (χ1v) is 18.8. The molecular formula is C49H29N3OS. The fourth-order valence-corrected chi connectivity index (χ4v) is 8.92. The van der Waals surface area contributed by atoms with Crippen LogP contribution < -0.4 is 0 Å². The predicted molar refractivity (Wildman–Crippen MR) is 225 cm³/mol. The molecule has 0 unspecified atom stereocenters. The van der Waals surface area contributed by atoms with Gasteiger partial charge in [-0.25, -0.2) is 15.0 Å². The summed E-state index contributed by atoms with van der Waals surface area (Å²) in [5, 5.41) is 5.79. The van der Waals surface area contributed by atoms with Crippen molar-refractivity contribution in [3.8, 4) is 56.3 Å². The maximum absolute atomic E-state index is 6.44. The van der Waals surface area contributed by atoms with E-state index in [0.29, 0.717) is 5.82 Å². The quantitative estimate of drug-likeness (QED) is 0.179. The highest BCUT2D eigenvalue weighted by molar-refractivity contribution is 7.26. The van der Waals surface area contributed by atoms with Crippen LogP contribution in [0.5, 0.6) is 0 Å². The Balaban J connectivity index is 1.07. The molecule has 4 heterocycles. The van der Waals surface area contributed by atoms with Crippen molar-refractivity contribution in [1.29, 1.82) is 0 Å². The van der Waals surface area contributed by atoms with Gasteiger partial charge < -0.3 is 4.42 Å². The van der Waals surface area contributed by atoms with E-state index in [4.69, 9.17) is 19.4 Å². The smallest absolute Gasteiger partial charge is 0.160 e. The Morgan fingerprint density at radius 3 is 1.85 bits per heavy atom. The first-order chi connectivity index (χ1) is 26.7. The fourth-order valence-electron chi connectivity index (χ4n) is 7.68. The fraction of sp³-hybridized carbons (Fsp3) is 0. The van der Waals surface area contributed by atoms with Crippen molar-refractivity contribution in [3.05, 3.63) is 176 Å². The predicted octanol–water partition coefficient (Wildman–Crippen LogP) is 13.6. The Kier molecular flexibility index (Phi) is 7.00. The number of pyridine rings is 1. The number of hydrogen-bond donors (Lipinski definition) is 0. The molecule has 11 aromatic rings. The van der Waals surface area contributed by atoms with Crippen LogP contribution in [0.1, 0.15) is 0 Å². The summed E-state index contributed by atoms with van der Waals surface area (Å²) in [6.07, 6.45) is 0. The molecule has 0 saturated carbocycles. The lowest BCUT2D eigenvalue weighted by Gasteiger charge is -2.11. The summed E-state index contributed by atoms with van der Waals surface area (Å²) in [7, 11) is 0. The van der Waals surface area contributed by atoms with Gasteiger partial charge in [0.25, 0.3) is 0 Å². The molecule has 5 heteroatoms. The third-order valence-electron chi connectivity index (χ3n) is 10.3. The molecule has 0 aliphatic heterocycles. The van der Waals surface area contributed by atoms with Gasteiger partial charge in [-0.3, -0.25) is 0 Å². The largest absolute Gasteiger partial charge is 0.455 e. The lowest BCUT2D eigenvalue weighted by Crippen LogP contribution is -1.96. The molecule has 0 amide bonds. The number of para-hydroxylation sites is 2. The van der Waals surface area contributed by atoms with Gasteiger partial charge in [-0.1, -0.05) is 152 Å². The van der Waals surface area contributed by atoms with Gasteiger partial charge in [0.1, 0.15) is 11.2 Å². The average molecular weight is 708 g/mol. The van der Waals surface area contributed by atoms with Crippen LogP contribution in [-0.2, 0) is 0 Å².